The fraction of sp³-hybridized carbons (Fsp3) is 0.478. The van der Waals surface area contributed by atoms with Crippen LogP contribution in [0.2, 0.25) is 0 Å². The fourth-order valence-electron chi connectivity index (χ4n) is 3.70. The molecule has 0 bridgehead atoms. The summed E-state index contributed by atoms with van der Waals surface area (Å²) in [6, 6.07) is 17.5. The average Bonchev–Trinajstić information content (AvgIpc) is 3.10. The van der Waals surface area contributed by atoms with E-state index >= 15 is 0 Å². The summed E-state index contributed by atoms with van der Waals surface area (Å²) in [6.45, 7) is 8.59. The first-order valence-electron chi connectivity index (χ1n) is 9.71. The molecule has 1 aliphatic heterocycles. The van der Waals surface area contributed by atoms with Gasteiger partial charge in [0.1, 0.15) is 0 Å². The summed E-state index contributed by atoms with van der Waals surface area (Å²) in [5.41, 5.74) is 5.58. The molecule has 0 spiro atoms. The minimum Gasteiger partial charge on any atom is -0.372 e. The van der Waals surface area contributed by atoms with Gasteiger partial charge in [0.25, 0.3) is 0 Å². The van der Waals surface area contributed by atoms with Crippen LogP contribution >= 0.6 is 0 Å². The van der Waals surface area contributed by atoms with Crippen molar-refractivity contribution in [3.05, 3.63) is 70.8 Å². The van der Waals surface area contributed by atoms with Crippen LogP contribution in [-0.2, 0) is 24.2 Å². The van der Waals surface area contributed by atoms with Crippen molar-refractivity contribution >= 4 is 0 Å². The Balaban J connectivity index is 1.38. The molecule has 1 fully saturated rings. The topological polar surface area (TPSA) is 12.5 Å². The lowest BCUT2D eigenvalue weighted by atomic mass is 10.0. The van der Waals surface area contributed by atoms with Gasteiger partial charge in [-0.1, -0.05) is 55.5 Å². The molecule has 2 nitrogen and oxygen atoms in total. The summed E-state index contributed by atoms with van der Waals surface area (Å²) in [4.78, 5) is 2.56. The van der Waals surface area contributed by atoms with Gasteiger partial charge in [-0.25, -0.2) is 0 Å². The summed E-state index contributed by atoms with van der Waals surface area (Å²) in [6.07, 6.45) is 5.06. The van der Waals surface area contributed by atoms with E-state index in [9.17, 15) is 0 Å². The summed E-state index contributed by atoms with van der Waals surface area (Å²) >= 11 is 0. The van der Waals surface area contributed by atoms with E-state index in [1.807, 2.05) is 0 Å². The van der Waals surface area contributed by atoms with Crippen molar-refractivity contribution in [3.63, 3.8) is 0 Å². The van der Waals surface area contributed by atoms with Crippen LogP contribution in [0.15, 0.2) is 48.5 Å². The molecular formula is C23H31NO. The van der Waals surface area contributed by atoms with Gasteiger partial charge in [0.15, 0.2) is 0 Å². The highest BCUT2D eigenvalue weighted by molar-refractivity contribution is 5.30. The molecular weight excluding hydrogens is 306 g/mol. The molecule has 0 aromatic heterocycles. The minimum atomic E-state index is 0.392. The van der Waals surface area contributed by atoms with E-state index in [4.69, 9.17) is 4.74 Å². The van der Waals surface area contributed by atoms with Gasteiger partial charge in [0.05, 0.1) is 12.7 Å². The summed E-state index contributed by atoms with van der Waals surface area (Å²) < 4.78 is 6.18. The van der Waals surface area contributed by atoms with Crippen molar-refractivity contribution in [2.45, 2.75) is 52.2 Å². The number of aryl methyl sites for hydroxylation is 3. The Morgan fingerprint density at radius 2 is 1.92 bits per heavy atom. The summed E-state index contributed by atoms with van der Waals surface area (Å²) in [5.74, 6) is 0. The van der Waals surface area contributed by atoms with E-state index in [-0.39, 0.29) is 0 Å². The van der Waals surface area contributed by atoms with Gasteiger partial charge < -0.3 is 9.64 Å². The lowest BCUT2D eigenvalue weighted by Gasteiger charge is -2.16. The molecule has 0 radical (unpaired) electrons. The van der Waals surface area contributed by atoms with E-state index in [1.54, 1.807) is 0 Å². The molecule has 1 aliphatic rings. The molecule has 0 saturated carbocycles. The Morgan fingerprint density at radius 1 is 1.08 bits per heavy atom. The Kier molecular flexibility index (Phi) is 6.66. The van der Waals surface area contributed by atoms with Gasteiger partial charge in [0, 0.05) is 13.1 Å². The van der Waals surface area contributed by atoms with Gasteiger partial charge in [-0.05, 0) is 61.4 Å². The van der Waals surface area contributed by atoms with Crippen LogP contribution in [0.5, 0.6) is 0 Å². The average molecular weight is 338 g/mol. The van der Waals surface area contributed by atoms with Crippen LogP contribution in [0.4, 0.5) is 0 Å². The minimum absolute atomic E-state index is 0.392. The third-order valence-corrected chi connectivity index (χ3v) is 5.29. The quantitative estimate of drug-likeness (QED) is 0.687. The molecule has 2 heteroatoms. The normalized spacial score (nSPS) is 17.9. The van der Waals surface area contributed by atoms with Crippen LogP contribution in [0.3, 0.4) is 0 Å². The first-order chi connectivity index (χ1) is 12.2. The number of ether oxygens (including phenoxy) is 1. The Morgan fingerprint density at radius 3 is 2.72 bits per heavy atom. The SMILES string of the molecule is CCc1cc(CO[C@@H]2CCN(CCCc3ccccc3)C2)ccc1C. The second kappa shape index (κ2) is 9.17. The number of nitrogens with zero attached hydrogens (tertiary/aromatic N) is 1. The van der Waals surface area contributed by atoms with Crippen LogP contribution in [0, 0.1) is 6.92 Å². The first kappa shape index (κ1) is 18.2. The van der Waals surface area contributed by atoms with E-state index < -0.39 is 0 Å². The molecule has 0 aliphatic carbocycles. The molecule has 0 unspecified atom stereocenters. The van der Waals surface area contributed by atoms with Crippen molar-refractivity contribution < 1.29 is 4.74 Å². The third-order valence-electron chi connectivity index (χ3n) is 5.29. The zero-order chi connectivity index (χ0) is 17.5. The number of hydrogen-bond donors (Lipinski definition) is 0. The highest BCUT2D eigenvalue weighted by atomic mass is 16.5. The second-order valence-electron chi connectivity index (χ2n) is 7.23. The highest BCUT2D eigenvalue weighted by Gasteiger charge is 2.22. The van der Waals surface area contributed by atoms with E-state index in [0.29, 0.717) is 6.10 Å². The van der Waals surface area contributed by atoms with Gasteiger partial charge in [0.2, 0.25) is 0 Å². The molecule has 1 heterocycles. The predicted molar refractivity (Wildman–Crippen MR) is 105 cm³/mol. The molecule has 0 amide bonds. The fourth-order valence-corrected chi connectivity index (χ4v) is 3.70. The van der Waals surface area contributed by atoms with Gasteiger partial charge >= 0.3 is 0 Å². The number of benzene rings is 2. The molecule has 3 rings (SSSR count). The number of rotatable bonds is 8. The molecule has 1 atom stereocenters. The molecule has 2 aromatic rings. The zero-order valence-corrected chi connectivity index (χ0v) is 15.7. The standard InChI is InChI=1S/C23H31NO/c1-3-22-16-21(12-11-19(22)2)18-25-23-13-15-24(17-23)14-7-10-20-8-5-4-6-9-20/h4-6,8-9,11-12,16,23H,3,7,10,13-15,17-18H2,1-2H3/t23-/m1/s1. The molecule has 134 valence electrons. The maximum atomic E-state index is 6.18. The lowest BCUT2D eigenvalue weighted by Crippen LogP contribution is -2.24. The Labute approximate surface area is 152 Å². The third kappa shape index (κ3) is 5.42. The van der Waals surface area contributed by atoms with Gasteiger partial charge in [-0.15, -0.1) is 0 Å². The van der Waals surface area contributed by atoms with Crippen LogP contribution < -0.4 is 0 Å². The molecule has 25 heavy (non-hydrogen) atoms. The summed E-state index contributed by atoms with van der Waals surface area (Å²) in [5, 5.41) is 0. The van der Waals surface area contributed by atoms with Crippen molar-refractivity contribution in [3.8, 4) is 0 Å². The largest absolute Gasteiger partial charge is 0.372 e. The predicted octanol–water partition coefficient (Wildman–Crippen LogP) is 4.78. The molecule has 1 saturated heterocycles. The summed E-state index contributed by atoms with van der Waals surface area (Å²) in [7, 11) is 0. The van der Waals surface area contributed by atoms with E-state index in [0.717, 1.165) is 26.0 Å². The van der Waals surface area contributed by atoms with E-state index in [2.05, 4.69) is 67.3 Å². The smallest absolute Gasteiger partial charge is 0.0721 e. The second-order valence-corrected chi connectivity index (χ2v) is 7.23. The highest BCUT2D eigenvalue weighted by Crippen LogP contribution is 2.17. The van der Waals surface area contributed by atoms with E-state index in [1.165, 1.54) is 48.2 Å². The Hall–Kier alpha value is -1.64. The zero-order valence-electron chi connectivity index (χ0n) is 15.7. The van der Waals surface area contributed by atoms with Crippen molar-refractivity contribution in [1.82, 2.24) is 4.90 Å². The monoisotopic (exact) mass is 337 g/mol. The molecule has 2 aromatic carbocycles. The van der Waals surface area contributed by atoms with Crippen molar-refractivity contribution in [1.29, 1.82) is 0 Å². The van der Waals surface area contributed by atoms with Gasteiger partial charge in [-0.2, -0.15) is 0 Å². The Bertz CT molecular complexity index is 652. The maximum Gasteiger partial charge on any atom is 0.0721 e. The maximum absolute atomic E-state index is 6.18. The molecule has 0 N–H and O–H groups in total. The number of hydrogen-bond acceptors (Lipinski definition) is 2. The van der Waals surface area contributed by atoms with Crippen molar-refractivity contribution in [2.75, 3.05) is 19.6 Å². The van der Waals surface area contributed by atoms with Crippen LogP contribution in [-0.4, -0.2) is 30.6 Å². The number of likely N-dealkylation sites (tertiary alicyclic amines) is 1. The van der Waals surface area contributed by atoms with Crippen LogP contribution in [0.25, 0.3) is 0 Å². The van der Waals surface area contributed by atoms with Gasteiger partial charge in [-0.3, -0.25) is 0 Å². The van der Waals surface area contributed by atoms with Crippen molar-refractivity contribution in [2.24, 2.45) is 0 Å². The lowest BCUT2D eigenvalue weighted by molar-refractivity contribution is 0.0466. The van der Waals surface area contributed by atoms with Crippen LogP contribution in [0.1, 0.15) is 42.0 Å². The first-order valence-corrected chi connectivity index (χ1v) is 9.71.